The Morgan fingerprint density at radius 2 is 1.88 bits per heavy atom. The van der Waals surface area contributed by atoms with Crippen LogP contribution in [0, 0.1) is 17.3 Å². The quantitative estimate of drug-likeness (QED) is 0.879. The SMILES string of the molecule is C[C@H]1C[C@@H]1C1(C(N)=O)C=C(C(N)=O)C2=C(C1)C(c1ccccc1)CO2. The Kier molecular flexibility index (Phi) is 3.49. The van der Waals surface area contributed by atoms with Crippen molar-refractivity contribution in [2.24, 2.45) is 28.7 Å². The minimum absolute atomic E-state index is 0.0204. The Morgan fingerprint density at radius 3 is 2.44 bits per heavy atom. The van der Waals surface area contributed by atoms with Gasteiger partial charge in [0.05, 0.1) is 17.6 Å². The number of carbonyl (C=O) groups is 2. The van der Waals surface area contributed by atoms with Crippen molar-refractivity contribution < 1.29 is 14.3 Å². The summed E-state index contributed by atoms with van der Waals surface area (Å²) in [6.45, 7) is 2.56. The molecule has 0 saturated heterocycles. The minimum atomic E-state index is -0.844. The molecule has 2 aliphatic carbocycles. The Morgan fingerprint density at radius 1 is 1.20 bits per heavy atom. The topological polar surface area (TPSA) is 95.4 Å². The van der Waals surface area contributed by atoms with E-state index in [-0.39, 0.29) is 17.7 Å². The largest absolute Gasteiger partial charge is 0.492 e. The van der Waals surface area contributed by atoms with Gasteiger partial charge in [-0.2, -0.15) is 0 Å². The van der Waals surface area contributed by atoms with E-state index in [1.54, 1.807) is 6.08 Å². The van der Waals surface area contributed by atoms with Crippen molar-refractivity contribution in [2.75, 3.05) is 6.61 Å². The zero-order valence-corrected chi connectivity index (χ0v) is 14.2. The molecular formula is C20H22N2O3. The third-order valence-electron chi connectivity index (χ3n) is 5.93. The van der Waals surface area contributed by atoms with Crippen LogP contribution in [0.5, 0.6) is 0 Å². The van der Waals surface area contributed by atoms with E-state index in [2.05, 4.69) is 6.92 Å². The number of ether oxygens (including phenoxy) is 1. The summed E-state index contributed by atoms with van der Waals surface area (Å²) in [4.78, 5) is 24.5. The van der Waals surface area contributed by atoms with Crippen LogP contribution < -0.4 is 11.5 Å². The third kappa shape index (κ3) is 2.37. The lowest BCUT2D eigenvalue weighted by molar-refractivity contribution is -0.126. The Hall–Kier alpha value is -2.56. The van der Waals surface area contributed by atoms with Crippen molar-refractivity contribution >= 4 is 11.8 Å². The molecule has 1 fully saturated rings. The average Bonchev–Trinajstić information content (AvgIpc) is 3.19. The Labute approximate surface area is 146 Å². The van der Waals surface area contributed by atoms with E-state index in [4.69, 9.17) is 16.2 Å². The van der Waals surface area contributed by atoms with E-state index in [9.17, 15) is 9.59 Å². The second-order valence-corrected chi connectivity index (χ2v) is 7.45. The fourth-order valence-electron chi connectivity index (χ4n) is 4.45. The average molecular weight is 338 g/mol. The van der Waals surface area contributed by atoms with Gasteiger partial charge in [0.1, 0.15) is 5.76 Å². The molecule has 2 amide bonds. The van der Waals surface area contributed by atoms with E-state index >= 15 is 0 Å². The van der Waals surface area contributed by atoms with Crippen molar-refractivity contribution in [3.05, 3.63) is 58.9 Å². The highest BCUT2D eigenvalue weighted by Gasteiger charge is 2.56. The molecule has 4 atom stereocenters. The Balaban J connectivity index is 1.82. The number of primary amides is 2. The maximum Gasteiger partial charge on any atom is 0.252 e. The fraction of sp³-hybridized carbons (Fsp3) is 0.400. The van der Waals surface area contributed by atoms with Gasteiger partial charge in [0, 0.05) is 5.92 Å². The van der Waals surface area contributed by atoms with Crippen LogP contribution in [-0.2, 0) is 14.3 Å². The summed E-state index contributed by atoms with van der Waals surface area (Å²) in [5, 5.41) is 0. The van der Waals surface area contributed by atoms with Crippen LogP contribution >= 0.6 is 0 Å². The van der Waals surface area contributed by atoms with E-state index in [1.807, 2.05) is 30.3 Å². The molecule has 0 radical (unpaired) electrons. The number of hydrogen-bond donors (Lipinski definition) is 2. The zero-order valence-electron chi connectivity index (χ0n) is 14.2. The van der Waals surface area contributed by atoms with Crippen LogP contribution in [0.1, 0.15) is 31.2 Å². The molecule has 0 bridgehead atoms. The first-order chi connectivity index (χ1) is 11.9. The molecule has 1 aromatic rings. The van der Waals surface area contributed by atoms with Gasteiger partial charge in [0.2, 0.25) is 5.91 Å². The van der Waals surface area contributed by atoms with Crippen molar-refractivity contribution in [2.45, 2.75) is 25.7 Å². The van der Waals surface area contributed by atoms with E-state index in [1.165, 1.54) is 0 Å². The highest BCUT2D eigenvalue weighted by molar-refractivity contribution is 5.99. The normalized spacial score (nSPS) is 33.3. The molecule has 25 heavy (non-hydrogen) atoms. The summed E-state index contributed by atoms with van der Waals surface area (Å²) < 4.78 is 5.86. The molecule has 5 nitrogen and oxygen atoms in total. The predicted octanol–water partition coefficient (Wildman–Crippen LogP) is 2.00. The summed E-state index contributed by atoms with van der Waals surface area (Å²) in [6, 6.07) is 10.00. The van der Waals surface area contributed by atoms with Crippen molar-refractivity contribution in [1.82, 2.24) is 0 Å². The van der Waals surface area contributed by atoms with Crippen molar-refractivity contribution in [3.8, 4) is 0 Å². The molecule has 1 aromatic carbocycles. The van der Waals surface area contributed by atoms with E-state index in [0.29, 0.717) is 30.3 Å². The van der Waals surface area contributed by atoms with Crippen LogP contribution in [0.3, 0.4) is 0 Å². The summed E-state index contributed by atoms with van der Waals surface area (Å²) in [5.74, 6) is 0.187. The highest BCUT2D eigenvalue weighted by atomic mass is 16.5. The highest BCUT2D eigenvalue weighted by Crippen LogP contribution is 2.59. The lowest BCUT2D eigenvalue weighted by Gasteiger charge is -2.34. The number of amides is 2. The standard InChI is InChI=1S/C20H22N2O3/c1-11-7-16(11)20(19(22)24)8-13-15(12-5-3-2-4-6-12)10-25-17(13)14(9-20)18(21)23/h2-6,9,11,15-16H,7-8,10H2,1H3,(H2,21,23)(H2,22,24)/t11-,15?,16-,20?/m0/s1. The first-order valence-corrected chi connectivity index (χ1v) is 8.67. The van der Waals surface area contributed by atoms with Gasteiger partial charge in [-0.1, -0.05) is 43.3 Å². The zero-order chi connectivity index (χ0) is 17.8. The molecule has 5 heteroatoms. The third-order valence-corrected chi connectivity index (χ3v) is 5.93. The number of rotatable bonds is 4. The second kappa shape index (κ2) is 5.48. The number of benzene rings is 1. The lowest BCUT2D eigenvalue weighted by atomic mass is 9.68. The molecule has 4 N–H and O–H groups in total. The Bertz CT molecular complexity index is 811. The summed E-state index contributed by atoms with van der Waals surface area (Å²) in [5.41, 5.74) is 13.0. The van der Waals surface area contributed by atoms with Gasteiger partial charge < -0.3 is 16.2 Å². The molecule has 1 aliphatic heterocycles. The maximum atomic E-state index is 12.5. The molecule has 0 spiro atoms. The molecule has 1 saturated carbocycles. The van der Waals surface area contributed by atoms with Crippen LogP contribution in [0.4, 0.5) is 0 Å². The first kappa shape index (κ1) is 15.9. The van der Waals surface area contributed by atoms with Gasteiger partial charge in [-0.3, -0.25) is 9.59 Å². The number of nitrogens with two attached hydrogens (primary N) is 2. The summed E-state index contributed by atoms with van der Waals surface area (Å²) >= 11 is 0. The van der Waals surface area contributed by atoms with Gasteiger partial charge >= 0.3 is 0 Å². The number of hydrogen-bond acceptors (Lipinski definition) is 3. The molecule has 4 rings (SSSR count). The van der Waals surface area contributed by atoms with Crippen molar-refractivity contribution in [3.63, 3.8) is 0 Å². The van der Waals surface area contributed by atoms with Gasteiger partial charge in [0.25, 0.3) is 5.91 Å². The molecule has 1 heterocycles. The molecular weight excluding hydrogens is 316 g/mol. The summed E-state index contributed by atoms with van der Waals surface area (Å²) in [6.07, 6.45) is 3.13. The predicted molar refractivity (Wildman–Crippen MR) is 93.0 cm³/mol. The van der Waals surface area contributed by atoms with E-state index < -0.39 is 11.3 Å². The first-order valence-electron chi connectivity index (χ1n) is 8.67. The van der Waals surface area contributed by atoms with Crippen LogP contribution in [0.2, 0.25) is 0 Å². The monoisotopic (exact) mass is 338 g/mol. The van der Waals surface area contributed by atoms with E-state index in [0.717, 1.165) is 17.6 Å². The van der Waals surface area contributed by atoms with Crippen molar-refractivity contribution in [1.29, 1.82) is 0 Å². The molecule has 2 unspecified atom stereocenters. The second-order valence-electron chi connectivity index (χ2n) is 7.45. The number of carbonyl (C=O) groups excluding carboxylic acids is 2. The maximum absolute atomic E-state index is 12.5. The minimum Gasteiger partial charge on any atom is -0.492 e. The smallest absolute Gasteiger partial charge is 0.252 e. The molecule has 3 aliphatic rings. The van der Waals surface area contributed by atoms with Gasteiger partial charge in [-0.05, 0) is 35.8 Å². The molecule has 130 valence electrons. The van der Waals surface area contributed by atoms with Gasteiger partial charge in [0.15, 0.2) is 0 Å². The van der Waals surface area contributed by atoms with Gasteiger partial charge in [-0.15, -0.1) is 0 Å². The summed E-state index contributed by atoms with van der Waals surface area (Å²) in [7, 11) is 0. The van der Waals surface area contributed by atoms with Crippen LogP contribution in [-0.4, -0.2) is 18.4 Å². The van der Waals surface area contributed by atoms with Crippen LogP contribution in [0.15, 0.2) is 53.3 Å². The molecule has 0 aromatic heterocycles. The lowest BCUT2D eigenvalue weighted by Crippen LogP contribution is -2.41. The fourth-order valence-corrected chi connectivity index (χ4v) is 4.45. The van der Waals surface area contributed by atoms with Crippen LogP contribution in [0.25, 0.3) is 0 Å². The van der Waals surface area contributed by atoms with Gasteiger partial charge in [-0.25, -0.2) is 0 Å².